The van der Waals surface area contributed by atoms with Crippen molar-refractivity contribution in [3.8, 4) is 0 Å². The molecule has 1 aliphatic carbocycles. The maximum atomic E-state index is 6.36. The van der Waals surface area contributed by atoms with Gasteiger partial charge in [-0.05, 0) is 31.6 Å². The number of methoxy groups -OCH3 is 1. The lowest BCUT2D eigenvalue weighted by atomic mass is 9.92. The third-order valence-electron chi connectivity index (χ3n) is 3.87. The summed E-state index contributed by atoms with van der Waals surface area (Å²) in [6, 6.07) is 10.6. The molecule has 0 amide bonds. The summed E-state index contributed by atoms with van der Waals surface area (Å²) in [5.74, 6) is -0.395. The Balaban J connectivity index is 2.32. The largest absolute Gasteiger partial charge is 0.390 e. The van der Waals surface area contributed by atoms with Crippen LogP contribution in [-0.4, -0.2) is 21.2 Å². The van der Waals surface area contributed by atoms with E-state index in [1.54, 1.807) is 7.11 Å². The molecule has 100 valence electrons. The van der Waals surface area contributed by atoms with E-state index in [9.17, 15) is 0 Å². The lowest BCUT2D eigenvalue weighted by Gasteiger charge is -2.30. The van der Waals surface area contributed by atoms with E-state index in [1.165, 1.54) is 5.56 Å². The summed E-state index contributed by atoms with van der Waals surface area (Å²) in [5, 5.41) is 0. The van der Waals surface area contributed by atoms with Crippen LogP contribution >= 0.6 is 0 Å². The van der Waals surface area contributed by atoms with Crippen LogP contribution in [0.3, 0.4) is 0 Å². The summed E-state index contributed by atoms with van der Waals surface area (Å²) in [6.45, 7) is 8.88. The molecule has 0 spiro atoms. The quantitative estimate of drug-likeness (QED) is 0.592. The Kier molecular flexibility index (Phi) is 3.43. The zero-order valence-corrected chi connectivity index (χ0v) is 13.1. The van der Waals surface area contributed by atoms with E-state index in [0.717, 1.165) is 12.8 Å². The first kappa shape index (κ1) is 13.8. The summed E-state index contributed by atoms with van der Waals surface area (Å²) in [7, 11) is 0.164. The van der Waals surface area contributed by atoms with Crippen molar-refractivity contribution < 1.29 is 9.16 Å². The van der Waals surface area contributed by atoms with Crippen molar-refractivity contribution in [2.45, 2.75) is 50.6 Å². The third kappa shape index (κ3) is 2.15. The van der Waals surface area contributed by atoms with Crippen molar-refractivity contribution in [2.75, 3.05) is 7.11 Å². The van der Waals surface area contributed by atoms with Gasteiger partial charge in [0.1, 0.15) is 0 Å². The molecule has 0 aliphatic heterocycles. The lowest BCUT2D eigenvalue weighted by Crippen LogP contribution is -2.39. The highest BCUT2D eigenvalue weighted by molar-refractivity contribution is 6.69. The maximum Gasteiger partial charge on any atom is 0.187 e. The van der Waals surface area contributed by atoms with Gasteiger partial charge in [-0.15, -0.1) is 0 Å². The van der Waals surface area contributed by atoms with Crippen LogP contribution in [0.15, 0.2) is 30.3 Å². The maximum absolute atomic E-state index is 6.36. The van der Waals surface area contributed by atoms with E-state index in [2.05, 4.69) is 56.9 Å². The highest BCUT2D eigenvalue weighted by Crippen LogP contribution is 2.63. The molecule has 3 heteroatoms. The average Bonchev–Trinajstić information content (AvgIpc) is 2.98. The van der Waals surface area contributed by atoms with Crippen molar-refractivity contribution in [3.63, 3.8) is 0 Å². The Morgan fingerprint density at radius 2 is 1.78 bits per heavy atom. The smallest absolute Gasteiger partial charge is 0.187 e. The van der Waals surface area contributed by atoms with Crippen LogP contribution < -0.4 is 0 Å². The average molecular weight is 264 g/mol. The standard InChI is InChI=1S/C15H24O2Si/c1-6-14(13-10-8-7-9-11-13)12-15(14,16-2)17-18(3,4)5/h7-11H,6,12H2,1-5H3/t14-,15-/m0/s1. The first-order chi connectivity index (χ1) is 8.39. The zero-order valence-electron chi connectivity index (χ0n) is 12.1. The molecule has 0 unspecified atom stereocenters. The van der Waals surface area contributed by atoms with Crippen molar-refractivity contribution >= 4 is 8.32 Å². The van der Waals surface area contributed by atoms with E-state index in [1.807, 2.05) is 0 Å². The number of rotatable bonds is 5. The van der Waals surface area contributed by atoms with E-state index in [4.69, 9.17) is 9.16 Å². The van der Waals surface area contributed by atoms with Crippen LogP contribution in [0.4, 0.5) is 0 Å². The molecule has 2 nitrogen and oxygen atoms in total. The predicted octanol–water partition coefficient (Wildman–Crippen LogP) is 3.93. The molecule has 1 fully saturated rings. The van der Waals surface area contributed by atoms with Crippen LogP contribution in [0.5, 0.6) is 0 Å². The minimum absolute atomic E-state index is 0.0449. The highest BCUT2D eigenvalue weighted by Gasteiger charge is 2.70. The summed E-state index contributed by atoms with van der Waals surface area (Å²) < 4.78 is 12.2. The van der Waals surface area contributed by atoms with Gasteiger partial charge < -0.3 is 9.16 Å². The second-order valence-corrected chi connectivity index (χ2v) is 10.6. The van der Waals surface area contributed by atoms with Crippen molar-refractivity contribution in [3.05, 3.63) is 35.9 Å². The fraction of sp³-hybridized carbons (Fsp3) is 0.600. The monoisotopic (exact) mass is 264 g/mol. The minimum Gasteiger partial charge on any atom is -0.390 e. The number of ether oxygens (including phenoxy) is 1. The van der Waals surface area contributed by atoms with Gasteiger partial charge >= 0.3 is 0 Å². The normalized spacial score (nSPS) is 31.4. The Labute approximate surface area is 111 Å². The molecule has 1 aromatic carbocycles. The van der Waals surface area contributed by atoms with E-state index in [0.29, 0.717) is 0 Å². The fourth-order valence-corrected chi connectivity index (χ4v) is 4.31. The summed E-state index contributed by atoms with van der Waals surface area (Å²) >= 11 is 0. The molecule has 18 heavy (non-hydrogen) atoms. The topological polar surface area (TPSA) is 18.5 Å². The number of benzene rings is 1. The molecule has 0 aromatic heterocycles. The van der Waals surface area contributed by atoms with Crippen molar-refractivity contribution in [1.82, 2.24) is 0 Å². The number of hydrogen-bond acceptors (Lipinski definition) is 2. The van der Waals surface area contributed by atoms with Crippen LogP contribution in [0.2, 0.25) is 19.6 Å². The molecule has 0 N–H and O–H groups in total. The summed E-state index contributed by atoms with van der Waals surface area (Å²) in [4.78, 5) is 0. The third-order valence-corrected chi connectivity index (χ3v) is 4.81. The molecule has 1 saturated carbocycles. The van der Waals surface area contributed by atoms with Gasteiger partial charge in [0.25, 0.3) is 0 Å². The second-order valence-electron chi connectivity index (χ2n) is 6.15. The molecule has 2 rings (SSSR count). The van der Waals surface area contributed by atoms with Crippen molar-refractivity contribution in [1.29, 1.82) is 0 Å². The van der Waals surface area contributed by atoms with Gasteiger partial charge in [-0.1, -0.05) is 37.3 Å². The van der Waals surface area contributed by atoms with Crippen molar-refractivity contribution in [2.24, 2.45) is 0 Å². The molecule has 1 aliphatic rings. The van der Waals surface area contributed by atoms with Gasteiger partial charge in [-0.25, -0.2) is 0 Å². The molecule has 1 aromatic rings. The molecular formula is C15H24O2Si. The SMILES string of the molecule is CC[C@@]1(c2ccccc2)C[C@]1(OC)O[Si](C)(C)C. The Hall–Kier alpha value is -0.643. The second kappa shape index (κ2) is 4.48. The Bertz CT molecular complexity index is 412. The first-order valence-corrected chi connectivity index (χ1v) is 10.1. The van der Waals surface area contributed by atoms with E-state index in [-0.39, 0.29) is 5.41 Å². The minimum atomic E-state index is -1.61. The Morgan fingerprint density at radius 1 is 1.17 bits per heavy atom. The summed E-state index contributed by atoms with van der Waals surface area (Å²) in [6.07, 6.45) is 2.02. The molecular weight excluding hydrogens is 240 g/mol. The van der Waals surface area contributed by atoms with Crippen LogP contribution in [0.25, 0.3) is 0 Å². The zero-order chi connectivity index (χ0) is 13.4. The molecule has 0 saturated heterocycles. The molecule has 0 radical (unpaired) electrons. The first-order valence-electron chi connectivity index (χ1n) is 6.70. The molecule has 0 heterocycles. The Morgan fingerprint density at radius 3 is 2.22 bits per heavy atom. The predicted molar refractivity (Wildman–Crippen MR) is 77.2 cm³/mol. The molecule has 2 atom stereocenters. The van der Waals surface area contributed by atoms with Crippen LogP contribution in [0.1, 0.15) is 25.3 Å². The van der Waals surface area contributed by atoms with Gasteiger partial charge in [0.2, 0.25) is 0 Å². The van der Waals surface area contributed by atoms with Gasteiger partial charge in [-0.3, -0.25) is 0 Å². The van der Waals surface area contributed by atoms with Gasteiger partial charge in [-0.2, -0.15) is 0 Å². The van der Waals surface area contributed by atoms with E-state index >= 15 is 0 Å². The van der Waals surface area contributed by atoms with Crippen LogP contribution in [0, 0.1) is 0 Å². The number of hydrogen-bond donors (Lipinski definition) is 0. The van der Waals surface area contributed by atoms with Gasteiger partial charge in [0, 0.05) is 13.5 Å². The highest BCUT2D eigenvalue weighted by atomic mass is 28.4. The van der Waals surface area contributed by atoms with Gasteiger partial charge in [0.15, 0.2) is 14.1 Å². The van der Waals surface area contributed by atoms with E-state index < -0.39 is 14.1 Å². The lowest BCUT2D eigenvalue weighted by molar-refractivity contribution is -0.105. The van der Waals surface area contributed by atoms with Crippen LogP contribution in [-0.2, 0) is 14.6 Å². The summed E-state index contributed by atoms with van der Waals surface area (Å²) in [5.41, 5.74) is 1.39. The fourth-order valence-electron chi connectivity index (χ4n) is 2.97. The molecule has 0 bridgehead atoms. The van der Waals surface area contributed by atoms with Gasteiger partial charge in [0.05, 0.1) is 5.41 Å².